The van der Waals surface area contributed by atoms with Gasteiger partial charge in [-0.2, -0.15) is 9.89 Å². The van der Waals surface area contributed by atoms with Gasteiger partial charge in [-0.1, -0.05) is 0 Å². The van der Waals surface area contributed by atoms with Crippen molar-refractivity contribution in [3.63, 3.8) is 0 Å². The first-order chi connectivity index (χ1) is 21.1. The molecule has 1 aromatic heterocycles. The monoisotopic (exact) mass is 624 g/mol. The van der Waals surface area contributed by atoms with Gasteiger partial charge >= 0.3 is 0 Å². The normalized spacial score (nSPS) is 19.7. The Labute approximate surface area is 254 Å². The Morgan fingerprint density at radius 3 is 2.32 bits per heavy atom. The summed E-state index contributed by atoms with van der Waals surface area (Å²) in [6.07, 6.45) is 4.08. The summed E-state index contributed by atoms with van der Waals surface area (Å²) >= 11 is 0. The maximum Gasteiger partial charge on any atom is 0.273 e. The number of nitrogens with zero attached hydrogens (tertiary/aromatic N) is 4. The molecule has 2 heterocycles. The van der Waals surface area contributed by atoms with Gasteiger partial charge in [0.15, 0.2) is 0 Å². The minimum absolute atomic E-state index is 0.116. The number of rotatable bonds is 7. The van der Waals surface area contributed by atoms with E-state index in [1.165, 1.54) is 29.2 Å². The largest absolute Gasteiger partial charge is 0.393 e. The minimum Gasteiger partial charge on any atom is -0.393 e. The zero-order valence-corrected chi connectivity index (χ0v) is 25.0. The molecule has 0 radical (unpaired) electrons. The van der Waals surface area contributed by atoms with Crippen molar-refractivity contribution < 1.29 is 27.1 Å². The lowest BCUT2D eigenvalue weighted by Gasteiger charge is -2.35. The number of sulfone groups is 1. The number of aliphatic hydroxyl groups excluding tert-OH is 1. The van der Waals surface area contributed by atoms with Crippen molar-refractivity contribution in [3.05, 3.63) is 78.0 Å². The molecule has 44 heavy (non-hydrogen) atoms. The summed E-state index contributed by atoms with van der Waals surface area (Å²) in [4.78, 5) is 18.8. The number of fused-ring (bicyclic) bond motifs is 1. The van der Waals surface area contributed by atoms with Gasteiger partial charge < -0.3 is 20.2 Å². The molecule has 0 unspecified atom stereocenters. The lowest BCUT2D eigenvalue weighted by Crippen LogP contribution is -2.44. The SMILES string of the molecule is CN1CCN(c2ccc(C(=O)Nn3ncc4cc(S(=O)(=O)c5cc(F)cc(F)c5)ccc43)c(NC3CCC(O)CC3)c2)CC1. The Kier molecular flexibility index (Phi) is 8.27. The van der Waals surface area contributed by atoms with Crippen molar-refractivity contribution in [2.45, 2.75) is 47.6 Å². The predicted molar refractivity (Wildman–Crippen MR) is 163 cm³/mol. The number of carbonyl (C=O) groups excluding carboxylic acids is 1. The second kappa shape index (κ2) is 12.1. The molecular formula is C31H34F2N6O4S. The molecule has 232 valence electrons. The van der Waals surface area contributed by atoms with Gasteiger partial charge in [-0.3, -0.25) is 4.79 Å². The number of aromatic nitrogens is 2. The summed E-state index contributed by atoms with van der Waals surface area (Å²) in [6.45, 7) is 3.64. The van der Waals surface area contributed by atoms with E-state index >= 15 is 0 Å². The highest BCUT2D eigenvalue weighted by Gasteiger charge is 2.24. The van der Waals surface area contributed by atoms with Crippen LogP contribution in [0.1, 0.15) is 36.0 Å². The second-order valence-corrected chi connectivity index (χ2v) is 13.4. The highest BCUT2D eigenvalue weighted by atomic mass is 32.2. The number of anilines is 2. The van der Waals surface area contributed by atoms with Crippen LogP contribution >= 0.6 is 0 Å². The Bertz CT molecular complexity index is 1780. The van der Waals surface area contributed by atoms with Crippen LogP contribution in [-0.2, 0) is 9.84 Å². The van der Waals surface area contributed by atoms with Crippen LogP contribution in [-0.4, -0.2) is 79.6 Å². The number of hydrogen-bond donors (Lipinski definition) is 3. The van der Waals surface area contributed by atoms with E-state index in [0.29, 0.717) is 41.1 Å². The minimum atomic E-state index is -4.21. The van der Waals surface area contributed by atoms with Gasteiger partial charge in [-0.25, -0.2) is 22.6 Å². The Hall–Kier alpha value is -4.07. The van der Waals surface area contributed by atoms with Crippen LogP contribution in [0, 0.1) is 11.6 Å². The van der Waals surface area contributed by atoms with Crippen molar-refractivity contribution in [3.8, 4) is 0 Å². The van der Waals surface area contributed by atoms with E-state index in [0.717, 1.165) is 56.8 Å². The number of carbonyl (C=O) groups is 1. The van der Waals surface area contributed by atoms with Crippen LogP contribution in [0.4, 0.5) is 20.2 Å². The highest BCUT2D eigenvalue weighted by molar-refractivity contribution is 7.91. The molecule has 2 aliphatic rings. The molecule has 3 N–H and O–H groups in total. The smallest absolute Gasteiger partial charge is 0.273 e. The zero-order chi connectivity index (χ0) is 31.0. The molecular weight excluding hydrogens is 590 g/mol. The first kappa shape index (κ1) is 30.0. The molecule has 0 bridgehead atoms. The number of aliphatic hydroxyl groups is 1. The van der Waals surface area contributed by atoms with Crippen molar-refractivity contribution in [1.29, 1.82) is 0 Å². The fourth-order valence-corrected chi connectivity index (χ4v) is 7.13. The summed E-state index contributed by atoms with van der Waals surface area (Å²) in [6, 6.07) is 12.1. The molecule has 6 rings (SSSR count). The molecule has 1 aliphatic heterocycles. The molecule has 13 heteroatoms. The van der Waals surface area contributed by atoms with E-state index < -0.39 is 32.3 Å². The average Bonchev–Trinajstić information content (AvgIpc) is 3.40. The lowest BCUT2D eigenvalue weighted by atomic mass is 9.92. The third kappa shape index (κ3) is 6.26. The predicted octanol–water partition coefficient (Wildman–Crippen LogP) is 4.00. The van der Waals surface area contributed by atoms with Crippen LogP contribution in [0.2, 0.25) is 0 Å². The third-order valence-corrected chi connectivity index (χ3v) is 10.1. The Morgan fingerprint density at radius 1 is 0.909 bits per heavy atom. The number of hydrogen-bond acceptors (Lipinski definition) is 8. The van der Waals surface area contributed by atoms with Crippen molar-refractivity contribution in [2.24, 2.45) is 0 Å². The Balaban J connectivity index is 1.26. The second-order valence-electron chi connectivity index (χ2n) is 11.5. The van der Waals surface area contributed by atoms with E-state index in [-0.39, 0.29) is 17.0 Å². The maximum absolute atomic E-state index is 13.7. The van der Waals surface area contributed by atoms with E-state index in [4.69, 9.17) is 0 Å². The fraction of sp³-hybridized carbons (Fsp3) is 0.355. The number of piperazine rings is 1. The van der Waals surface area contributed by atoms with Crippen molar-refractivity contribution in [2.75, 3.05) is 48.9 Å². The van der Waals surface area contributed by atoms with Gasteiger partial charge in [-0.15, -0.1) is 0 Å². The number of halogens is 2. The van der Waals surface area contributed by atoms with Crippen LogP contribution in [0.25, 0.3) is 10.9 Å². The fourth-order valence-electron chi connectivity index (χ4n) is 5.79. The van der Waals surface area contributed by atoms with Gasteiger partial charge in [-0.05, 0) is 81.3 Å². The van der Waals surface area contributed by atoms with Crippen molar-refractivity contribution in [1.82, 2.24) is 14.8 Å². The van der Waals surface area contributed by atoms with Crippen LogP contribution in [0.15, 0.2) is 70.6 Å². The molecule has 1 saturated carbocycles. The highest BCUT2D eigenvalue weighted by Crippen LogP contribution is 2.30. The van der Waals surface area contributed by atoms with Gasteiger partial charge in [0, 0.05) is 55.0 Å². The summed E-state index contributed by atoms with van der Waals surface area (Å²) < 4.78 is 53.6. The van der Waals surface area contributed by atoms with E-state index in [1.54, 1.807) is 6.07 Å². The van der Waals surface area contributed by atoms with E-state index in [9.17, 15) is 27.1 Å². The van der Waals surface area contributed by atoms with Gasteiger partial charge in [0.25, 0.3) is 5.91 Å². The van der Waals surface area contributed by atoms with Crippen LogP contribution in [0.5, 0.6) is 0 Å². The average molecular weight is 625 g/mol. The summed E-state index contributed by atoms with van der Waals surface area (Å²) in [7, 11) is -2.11. The number of likely N-dealkylation sites (N-methyl/N-ethyl adjacent to an activating group) is 1. The van der Waals surface area contributed by atoms with Gasteiger partial charge in [0.1, 0.15) is 11.6 Å². The molecule has 2 fully saturated rings. The molecule has 4 aromatic rings. The number of benzene rings is 3. The molecule has 1 aliphatic carbocycles. The van der Waals surface area contributed by atoms with Crippen LogP contribution < -0.4 is 15.6 Å². The van der Waals surface area contributed by atoms with E-state index in [1.807, 2.05) is 12.1 Å². The third-order valence-electron chi connectivity index (χ3n) is 8.38. The Morgan fingerprint density at radius 2 is 1.61 bits per heavy atom. The number of nitrogens with one attached hydrogen (secondary N) is 2. The first-order valence-corrected chi connectivity index (χ1v) is 16.1. The van der Waals surface area contributed by atoms with Gasteiger partial charge in [0.2, 0.25) is 9.84 Å². The zero-order valence-electron chi connectivity index (χ0n) is 24.2. The first-order valence-electron chi connectivity index (χ1n) is 14.6. The van der Waals surface area contributed by atoms with Crippen LogP contribution in [0.3, 0.4) is 0 Å². The molecule has 10 nitrogen and oxygen atoms in total. The summed E-state index contributed by atoms with van der Waals surface area (Å²) in [5.41, 5.74) is 5.36. The van der Waals surface area contributed by atoms with E-state index in [2.05, 4.69) is 32.7 Å². The maximum atomic E-state index is 13.7. The quantitative estimate of drug-likeness (QED) is 0.283. The molecule has 0 atom stereocenters. The molecule has 3 aromatic carbocycles. The summed E-state index contributed by atoms with van der Waals surface area (Å²) in [5.74, 6) is -2.40. The number of amides is 1. The van der Waals surface area contributed by atoms with Crippen molar-refractivity contribution >= 4 is 38.0 Å². The molecule has 1 amide bonds. The standard InChI is InChI=1S/C31H34F2N6O4S/c1-37-10-12-38(13-11-37)24-4-8-28(29(18-24)35-23-2-5-25(40)6-3-23)31(41)36-39-30-9-7-26(14-20(30)19-34-39)44(42,43)27-16-21(32)15-22(33)17-27/h4,7-9,14-19,23,25,35,40H,2-3,5-6,10-13H2,1H3,(H,36,41). The molecule has 1 saturated heterocycles. The lowest BCUT2D eigenvalue weighted by molar-refractivity contribution is 0.101. The van der Waals surface area contributed by atoms with Gasteiger partial charge in [0.05, 0.1) is 33.2 Å². The topological polar surface area (TPSA) is 120 Å². The molecule has 0 spiro atoms. The summed E-state index contributed by atoms with van der Waals surface area (Å²) in [5, 5.41) is 18.2.